The van der Waals surface area contributed by atoms with Crippen LogP contribution in [0.5, 0.6) is 0 Å². The molecule has 0 aliphatic carbocycles. The van der Waals surface area contributed by atoms with E-state index < -0.39 is 10.0 Å². The maximum atomic E-state index is 13.1. The van der Waals surface area contributed by atoms with Crippen molar-refractivity contribution in [1.82, 2.24) is 13.8 Å². The number of aromatic nitrogens is 1. The first kappa shape index (κ1) is 19.9. The first-order chi connectivity index (χ1) is 13.9. The van der Waals surface area contributed by atoms with Crippen LogP contribution in [-0.2, 0) is 10.0 Å². The highest BCUT2D eigenvalue weighted by molar-refractivity contribution is 7.89. The Morgan fingerprint density at radius 2 is 1.69 bits per heavy atom. The van der Waals surface area contributed by atoms with Crippen LogP contribution in [0.1, 0.15) is 20.8 Å². The van der Waals surface area contributed by atoms with Gasteiger partial charge in [-0.2, -0.15) is 4.31 Å². The first-order valence-corrected chi connectivity index (χ1v) is 11.8. The Kier molecular flexibility index (Phi) is 5.33. The van der Waals surface area contributed by atoms with Crippen LogP contribution in [0.3, 0.4) is 0 Å². The molecule has 1 aliphatic heterocycles. The van der Waals surface area contributed by atoms with Gasteiger partial charge < -0.3 is 9.47 Å². The van der Waals surface area contributed by atoms with Crippen LogP contribution in [0.15, 0.2) is 59.1 Å². The Hall–Kier alpha value is -2.42. The lowest BCUT2D eigenvalue weighted by atomic mass is 10.2. The van der Waals surface area contributed by atoms with Crippen molar-refractivity contribution in [3.8, 4) is 5.69 Å². The number of amides is 1. The van der Waals surface area contributed by atoms with E-state index >= 15 is 0 Å². The SMILES string of the molecule is Cc1ccc(C)c(S(=O)(=O)N2CCN(C(=O)c3sccc3-n3cccc3)CC2)c1. The molecule has 6 nitrogen and oxygen atoms in total. The summed E-state index contributed by atoms with van der Waals surface area (Å²) >= 11 is 1.41. The lowest BCUT2D eigenvalue weighted by molar-refractivity contribution is 0.0703. The maximum absolute atomic E-state index is 13.1. The molecule has 0 bridgehead atoms. The smallest absolute Gasteiger partial charge is 0.266 e. The fraction of sp³-hybridized carbons (Fsp3) is 0.286. The number of sulfonamides is 1. The van der Waals surface area contributed by atoms with Crippen molar-refractivity contribution in [2.24, 2.45) is 0 Å². The second kappa shape index (κ2) is 7.78. The summed E-state index contributed by atoms with van der Waals surface area (Å²) in [6, 6.07) is 11.2. The molecule has 0 saturated carbocycles. The zero-order valence-electron chi connectivity index (χ0n) is 16.4. The summed E-state index contributed by atoms with van der Waals surface area (Å²) in [4.78, 5) is 15.8. The predicted molar refractivity (Wildman–Crippen MR) is 114 cm³/mol. The minimum absolute atomic E-state index is 0.0486. The van der Waals surface area contributed by atoms with Gasteiger partial charge in [0.15, 0.2) is 0 Å². The highest BCUT2D eigenvalue weighted by atomic mass is 32.2. The Bertz CT molecular complexity index is 1130. The van der Waals surface area contributed by atoms with E-state index in [2.05, 4.69) is 0 Å². The summed E-state index contributed by atoms with van der Waals surface area (Å²) in [6.07, 6.45) is 3.82. The normalized spacial score (nSPS) is 15.6. The van der Waals surface area contributed by atoms with Gasteiger partial charge in [0.25, 0.3) is 5.91 Å². The van der Waals surface area contributed by atoms with Crippen LogP contribution < -0.4 is 0 Å². The van der Waals surface area contributed by atoms with Crippen LogP contribution in [0, 0.1) is 13.8 Å². The van der Waals surface area contributed by atoms with Gasteiger partial charge in [0.1, 0.15) is 4.88 Å². The molecule has 3 aromatic rings. The van der Waals surface area contributed by atoms with Crippen LogP contribution >= 0.6 is 11.3 Å². The number of benzene rings is 1. The third-order valence-electron chi connectivity index (χ3n) is 5.21. The van der Waals surface area contributed by atoms with Crippen LogP contribution in [0.25, 0.3) is 5.69 Å². The van der Waals surface area contributed by atoms with Crippen molar-refractivity contribution >= 4 is 27.3 Å². The largest absolute Gasteiger partial charge is 0.335 e. The van der Waals surface area contributed by atoms with E-state index in [1.165, 1.54) is 15.6 Å². The van der Waals surface area contributed by atoms with Gasteiger partial charge in [0, 0.05) is 38.6 Å². The maximum Gasteiger partial charge on any atom is 0.266 e. The fourth-order valence-corrected chi connectivity index (χ4v) is 6.15. The molecule has 0 unspecified atom stereocenters. The summed E-state index contributed by atoms with van der Waals surface area (Å²) in [7, 11) is -3.57. The average molecular weight is 430 g/mol. The van der Waals surface area contributed by atoms with Crippen molar-refractivity contribution in [2.75, 3.05) is 26.2 Å². The van der Waals surface area contributed by atoms with Crippen LogP contribution in [0.2, 0.25) is 0 Å². The highest BCUT2D eigenvalue weighted by Gasteiger charge is 2.32. The van der Waals surface area contributed by atoms with E-state index in [0.717, 1.165) is 16.8 Å². The number of rotatable bonds is 4. The van der Waals surface area contributed by atoms with E-state index in [0.29, 0.717) is 36.0 Å². The number of nitrogens with zero attached hydrogens (tertiary/aromatic N) is 3. The zero-order chi connectivity index (χ0) is 20.6. The third kappa shape index (κ3) is 3.75. The molecule has 8 heteroatoms. The number of thiophene rings is 1. The molecular weight excluding hydrogens is 406 g/mol. The number of piperazine rings is 1. The van der Waals surface area contributed by atoms with Gasteiger partial charge in [-0.15, -0.1) is 11.3 Å². The van der Waals surface area contributed by atoms with Gasteiger partial charge in [0.2, 0.25) is 10.0 Å². The molecule has 3 heterocycles. The number of hydrogen-bond acceptors (Lipinski definition) is 4. The fourth-order valence-electron chi connectivity index (χ4n) is 3.56. The lowest BCUT2D eigenvalue weighted by Crippen LogP contribution is -2.50. The van der Waals surface area contributed by atoms with Crippen molar-refractivity contribution in [1.29, 1.82) is 0 Å². The van der Waals surface area contributed by atoms with E-state index in [-0.39, 0.29) is 5.91 Å². The molecule has 1 saturated heterocycles. The standard InChI is InChI=1S/C21H23N3O3S2/c1-16-5-6-17(2)19(15-16)29(26,27)24-12-10-23(11-13-24)21(25)20-18(7-14-28-20)22-8-3-4-9-22/h3-9,14-15H,10-13H2,1-2H3. The second-order valence-corrected chi connectivity index (χ2v) is 10.0. The van der Waals surface area contributed by atoms with Crippen LogP contribution in [-0.4, -0.2) is 54.3 Å². The number of carbonyl (C=O) groups excluding carboxylic acids is 1. The van der Waals surface area contributed by atoms with Gasteiger partial charge in [-0.1, -0.05) is 12.1 Å². The van der Waals surface area contributed by atoms with E-state index in [1.807, 2.05) is 66.5 Å². The van der Waals surface area contributed by atoms with Gasteiger partial charge >= 0.3 is 0 Å². The average Bonchev–Trinajstić information content (AvgIpc) is 3.40. The number of aryl methyl sites for hydroxylation is 2. The van der Waals surface area contributed by atoms with Crippen LogP contribution in [0.4, 0.5) is 0 Å². The van der Waals surface area contributed by atoms with E-state index in [4.69, 9.17) is 0 Å². The molecule has 152 valence electrons. The van der Waals surface area contributed by atoms with E-state index in [1.54, 1.807) is 11.0 Å². The summed E-state index contributed by atoms with van der Waals surface area (Å²) in [5.74, 6) is -0.0486. The second-order valence-electron chi connectivity index (χ2n) is 7.19. The van der Waals surface area contributed by atoms with Gasteiger partial charge in [-0.05, 0) is 54.6 Å². The Labute approximate surface area is 175 Å². The molecule has 1 fully saturated rings. The Morgan fingerprint density at radius 3 is 2.38 bits per heavy atom. The number of carbonyl (C=O) groups is 1. The molecule has 1 aromatic carbocycles. The van der Waals surface area contributed by atoms with Crippen molar-refractivity contribution in [3.63, 3.8) is 0 Å². The number of hydrogen-bond donors (Lipinski definition) is 0. The summed E-state index contributed by atoms with van der Waals surface area (Å²) < 4.78 is 29.6. The summed E-state index contributed by atoms with van der Waals surface area (Å²) in [5.41, 5.74) is 2.51. The molecule has 0 radical (unpaired) electrons. The van der Waals surface area contributed by atoms with Gasteiger partial charge in [0.05, 0.1) is 10.6 Å². The molecule has 0 N–H and O–H groups in total. The molecule has 0 spiro atoms. The van der Waals surface area contributed by atoms with Crippen molar-refractivity contribution in [3.05, 3.63) is 70.2 Å². The first-order valence-electron chi connectivity index (χ1n) is 9.45. The molecule has 0 atom stereocenters. The molecule has 29 heavy (non-hydrogen) atoms. The zero-order valence-corrected chi connectivity index (χ0v) is 18.0. The molecule has 1 aliphatic rings. The topological polar surface area (TPSA) is 62.6 Å². The lowest BCUT2D eigenvalue weighted by Gasteiger charge is -2.34. The monoisotopic (exact) mass is 429 g/mol. The Morgan fingerprint density at radius 1 is 1.00 bits per heavy atom. The predicted octanol–water partition coefficient (Wildman–Crippen LogP) is 3.30. The Balaban J connectivity index is 1.49. The quantitative estimate of drug-likeness (QED) is 0.639. The molecular formula is C21H23N3O3S2. The van der Waals surface area contributed by atoms with Gasteiger partial charge in [-0.3, -0.25) is 4.79 Å². The minimum Gasteiger partial charge on any atom is -0.335 e. The van der Waals surface area contributed by atoms with E-state index in [9.17, 15) is 13.2 Å². The molecule has 2 aromatic heterocycles. The third-order valence-corrected chi connectivity index (χ3v) is 8.14. The summed E-state index contributed by atoms with van der Waals surface area (Å²) in [5, 5.41) is 1.91. The highest BCUT2D eigenvalue weighted by Crippen LogP contribution is 2.26. The van der Waals surface area contributed by atoms with Gasteiger partial charge in [-0.25, -0.2) is 8.42 Å². The van der Waals surface area contributed by atoms with Crippen molar-refractivity contribution in [2.45, 2.75) is 18.7 Å². The summed E-state index contributed by atoms with van der Waals surface area (Å²) in [6.45, 7) is 5.05. The van der Waals surface area contributed by atoms with Crippen molar-refractivity contribution < 1.29 is 13.2 Å². The minimum atomic E-state index is -3.57. The molecule has 1 amide bonds. The molecule has 4 rings (SSSR count).